The van der Waals surface area contributed by atoms with E-state index in [0.717, 1.165) is 18.7 Å². The zero-order valence-electron chi connectivity index (χ0n) is 15.3. The van der Waals surface area contributed by atoms with Crippen LogP contribution in [0.4, 0.5) is 4.39 Å². The van der Waals surface area contributed by atoms with Crippen LogP contribution in [0.15, 0.2) is 97.1 Å². The monoisotopic (exact) mass is 347 g/mol. The molecule has 1 aliphatic rings. The molecule has 0 spiro atoms. The number of alkyl halides is 1. The molecule has 0 N–H and O–H groups in total. The van der Waals surface area contributed by atoms with Gasteiger partial charge in [0.05, 0.1) is 6.04 Å². The topological polar surface area (TPSA) is 3.24 Å². The lowest BCUT2D eigenvalue weighted by Crippen LogP contribution is -2.56. The molecule has 1 saturated heterocycles. The SMILES string of the molecule is C=C/C=C(\C=C/CF)C1(C)CN(C(c2ccccc2)c2ccccc2)C1. The Morgan fingerprint density at radius 3 is 2.08 bits per heavy atom. The number of hydrogen-bond donors (Lipinski definition) is 0. The van der Waals surface area contributed by atoms with E-state index in [1.807, 2.05) is 12.2 Å². The highest BCUT2D eigenvalue weighted by Crippen LogP contribution is 2.44. The van der Waals surface area contributed by atoms with Gasteiger partial charge in [-0.05, 0) is 16.7 Å². The summed E-state index contributed by atoms with van der Waals surface area (Å²) in [6.07, 6.45) is 7.27. The van der Waals surface area contributed by atoms with Crippen LogP contribution in [0.2, 0.25) is 0 Å². The maximum Gasteiger partial charge on any atom is 0.108 e. The van der Waals surface area contributed by atoms with Gasteiger partial charge in [0.2, 0.25) is 0 Å². The van der Waals surface area contributed by atoms with Crippen LogP contribution in [0.5, 0.6) is 0 Å². The Kier molecular flexibility index (Phi) is 5.85. The van der Waals surface area contributed by atoms with Crippen LogP contribution < -0.4 is 0 Å². The molecule has 0 radical (unpaired) electrons. The molecule has 2 aromatic rings. The fourth-order valence-corrected chi connectivity index (χ4v) is 3.86. The average molecular weight is 347 g/mol. The highest BCUT2D eigenvalue weighted by molar-refractivity contribution is 5.37. The molecule has 0 aliphatic carbocycles. The van der Waals surface area contributed by atoms with Gasteiger partial charge in [-0.3, -0.25) is 4.90 Å². The minimum absolute atomic E-state index is 0.0155. The number of halogens is 1. The summed E-state index contributed by atoms with van der Waals surface area (Å²) >= 11 is 0. The second-order valence-electron chi connectivity index (χ2n) is 7.10. The number of likely N-dealkylation sites (tertiary alicyclic amines) is 1. The smallest absolute Gasteiger partial charge is 0.108 e. The molecule has 2 aromatic carbocycles. The van der Waals surface area contributed by atoms with Crippen LogP contribution in [0.1, 0.15) is 24.1 Å². The lowest BCUT2D eigenvalue weighted by atomic mass is 9.73. The fourth-order valence-electron chi connectivity index (χ4n) is 3.86. The van der Waals surface area contributed by atoms with Gasteiger partial charge in [0.1, 0.15) is 6.67 Å². The maximum atomic E-state index is 12.6. The largest absolute Gasteiger partial charge is 0.291 e. The van der Waals surface area contributed by atoms with Crippen molar-refractivity contribution < 1.29 is 4.39 Å². The Morgan fingerprint density at radius 1 is 1.08 bits per heavy atom. The van der Waals surface area contributed by atoms with E-state index in [1.54, 1.807) is 12.2 Å². The lowest BCUT2D eigenvalue weighted by Gasteiger charge is -2.52. The van der Waals surface area contributed by atoms with E-state index < -0.39 is 6.67 Å². The summed E-state index contributed by atoms with van der Waals surface area (Å²) in [5.41, 5.74) is 3.76. The Bertz CT molecular complexity index is 731. The summed E-state index contributed by atoms with van der Waals surface area (Å²) in [5.74, 6) is 0. The van der Waals surface area contributed by atoms with Crippen LogP contribution in [0.25, 0.3) is 0 Å². The summed E-state index contributed by atoms with van der Waals surface area (Å²) in [5, 5.41) is 0. The third-order valence-electron chi connectivity index (χ3n) is 5.08. The van der Waals surface area contributed by atoms with Crippen molar-refractivity contribution in [1.29, 1.82) is 0 Å². The van der Waals surface area contributed by atoms with Crippen molar-refractivity contribution in [1.82, 2.24) is 4.90 Å². The van der Waals surface area contributed by atoms with E-state index in [2.05, 4.69) is 79.1 Å². The second-order valence-corrected chi connectivity index (χ2v) is 7.10. The van der Waals surface area contributed by atoms with E-state index in [9.17, 15) is 4.39 Å². The zero-order chi connectivity index (χ0) is 18.4. The minimum atomic E-state index is -0.440. The van der Waals surface area contributed by atoms with E-state index in [-0.39, 0.29) is 11.5 Å². The van der Waals surface area contributed by atoms with Crippen LogP contribution in [0.3, 0.4) is 0 Å². The van der Waals surface area contributed by atoms with Gasteiger partial charge in [-0.1, -0.05) is 98.5 Å². The first-order valence-electron chi connectivity index (χ1n) is 9.07. The van der Waals surface area contributed by atoms with Gasteiger partial charge in [-0.25, -0.2) is 4.39 Å². The molecule has 3 rings (SSSR count). The molecule has 26 heavy (non-hydrogen) atoms. The first-order valence-corrected chi connectivity index (χ1v) is 9.07. The predicted octanol–water partition coefficient (Wildman–Crippen LogP) is 5.74. The van der Waals surface area contributed by atoms with Gasteiger partial charge in [-0.2, -0.15) is 0 Å². The number of nitrogens with zero attached hydrogens (tertiary/aromatic N) is 1. The third-order valence-corrected chi connectivity index (χ3v) is 5.08. The summed E-state index contributed by atoms with van der Waals surface area (Å²) in [6.45, 7) is 7.47. The van der Waals surface area contributed by atoms with Crippen molar-refractivity contribution in [3.63, 3.8) is 0 Å². The molecular weight excluding hydrogens is 321 g/mol. The standard InChI is InChI=1S/C24H26FN/c1-3-11-22(16-10-17-25)24(2)18-26(19-24)23(20-12-6-4-7-13-20)21-14-8-5-9-15-21/h3-16,23H,1,17-19H2,2H3/b16-10-,22-11+. The lowest BCUT2D eigenvalue weighted by molar-refractivity contribution is 0.0210. The first kappa shape index (κ1) is 18.3. The Balaban J connectivity index is 1.86. The normalized spacial score (nSPS) is 17.4. The summed E-state index contributed by atoms with van der Waals surface area (Å²) in [4.78, 5) is 2.49. The average Bonchev–Trinajstić information content (AvgIpc) is 2.65. The third kappa shape index (κ3) is 3.86. The van der Waals surface area contributed by atoms with Crippen LogP contribution >= 0.6 is 0 Å². The van der Waals surface area contributed by atoms with Gasteiger partial charge in [0.25, 0.3) is 0 Å². The molecule has 1 nitrogen and oxygen atoms in total. The summed E-state index contributed by atoms with van der Waals surface area (Å²) < 4.78 is 12.6. The van der Waals surface area contributed by atoms with Crippen molar-refractivity contribution >= 4 is 0 Å². The molecule has 134 valence electrons. The van der Waals surface area contributed by atoms with E-state index in [4.69, 9.17) is 0 Å². The van der Waals surface area contributed by atoms with Crippen molar-refractivity contribution in [3.05, 3.63) is 108 Å². The first-order chi connectivity index (χ1) is 12.7. The molecule has 0 saturated carbocycles. The Hall–Kier alpha value is -2.45. The molecule has 1 aliphatic heterocycles. The van der Waals surface area contributed by atoms with E-state index in [0.29, 0.717) is 0 Å². The molecular formula is C24H26FN. The van der Waals surface area contributed by atoms with Crippen molar-refractivity contribution in [2.75, 3.05) is 19.8 Å². The van der Waals surface area contributed by atoms with E-state index in [1.165, 1.54) is 11.1 Å². The van der Waals surface area contributed by atoms with Gasteiger partial charge >= 0.3 is 0 Å². The summed E-state index contributed by atoms with van der Waals surface area (Å²) in [6, 6.07) is 21.5. The highest BCUT2D eigenvalue weighted by atomic mass is 19.1. The number of benzene rings is 2. The van der Waals surface area contributed by atoms with Gasteiger partial charge in [0.15, 0.2) is 0 Å². The molecule has 0 atom stereocenters. The van der Waals surface area contributed by atoms with Crippen molar-refractivity contribution in [3.8, 4) is 0 Å². The molecule has 2 heteroatoms. The summed E-state index contributed by atoms with van der Waals surface area (Å²) in [7, 11) is 0. The number of hydrogen-bond acceptors (Lipinski definition) is 1. The zero-order valence-corrected chi connectivity index (χ0v) is 15.3. The predicted molar refractivity (Wildman–Crippen MR) is 108 cm³/mol. The highest BCUT2D eigenvalue weighted by Gasteiger charge is 2.44. The Labute approximate surface area is 156 Å². The molecule has 1 heterocycles. The fraction of sp³-hybridized carbons (Fsp3) is 0.250. The molecule has 0 unspecified atom stereocenters. The van der Waals surface area contributed by atoms with Gasteiger partial charge in [-0.15, -0.1) is 0 Å². The molecule has 0 amide bonds. The molecule has 0 bridgehead atoms. The van der Waals surface area contributed by atoms with Gasteiger partial charge in [0, 0.05) is 18.5 Å². The quantitative estimate of drug-likeness (QED) is 0.578. The van der Waals surface area contributed by atoms with Crippen LogP contribution in [-0.2, 0) is 0 Å². The van der Waals surface area contributed by atoms with E-state index >= 15 is 0 Å². The minimum Gasteiger partial charge on any atom is -0.291 e. The number of rotatable bonds is 7. The Morgan fingerprint density at radius 2 is 1.62 bits per heavy atom. The second kappa shape index (κ2) is 8.29. The van der Waals surface area contributed by atoms with Crippen molar-refractivity contribution in [2.24, 2.45) is 5.41 Å². The molecule has 0 aromatic heterocycles. The number of allylic oxidation sites excluding steroid dienone is 4. The van der Waals surface area contributed by atoms with Crippen LogP contribution in [0, 0.1) is 5.41 Å². The van der Waals surface area contributed by atoms with Crippen LogP contribution in [-0.4, -0.2) is 24.7 Å². The molecule has 1 fully saturated rings. The van der Waals surface area contributed by atoms with Gasteiger partial charge < -0.3 is 0 Å². The maximum absolute atomic E-state index is 12.6. The van der Waals surface area contributed by atoms with Crippen molar-refractivity contribution in [2.45, 2.75) is 13.0 Å².